The van der Waals surface area contributed by atoms with Crippen molar-refractivity contribution >= 4 is 29.9 Å². The molecule has 2 fully saturated rings. The Kier molecular flexibility index (Phi) is 9.72. The van der Waals surface area contributed by atoms with Crippen LogP contribution in [0.5, 0.6) is 0 Å². The molecule has 2 aliphatic heterocycles. The van der Waals surface area contributed by atoms with Crippen LogP contribution in [-0.2, 0) is 9.47 Å². The molecule has 2 heterocycles. The Labute approximate surface area is 157 Å². The van der Waals surface area contributed by atoms with Gasteiger partial charge < -0.3 is 20.1 Å². The molecule has 0 aromatic rings. The van der Waals surface area contributed by atoms with Crippen molar-refractivity contribution in [2.75, 3.05) is 53.0 Å². The van der Waals surface area contributed by atoms with Crippen LogP contribution in [0.25, 0.3) is 0 Å². The fourth-order valence-electron chi connectivity index (χ4n) is 3.02. The van der Waals surface area contributed by atoms with Crippen LogP contribution in [0.3, 0.4) is 0 Å². The average molecular weight is 440 g/mol. The molecule has 0 spiro atoms. The highest BCUT2D eigenvalue weighted by Crippen LogP contribution is 2.15. The highest BCUT2D eigenvalue weighted by molar-refractivity contribution is 14.0. The summed E-state index contributed by atoms with van der Waals surface area (Å²) >= 11 is 0. The van der Waals surface area contributed by atoms with Crippen molar-refractivity contribution < 1.29 is 9.47 Å². The van der Waals surface area contributed by atoms with Crippen molar-refractivity contribution in [3.05, 3.63) is 0 Å². The Balaban J connectivity index is 0.00000264. The highest BCUT2D eigenvalue weighted by atomic mass is 127. The Morgan fingerprint density at radius 2 is 1.96 bits per heavy atom. The van der Waals surface area contributed by atoms with Gasteiger partial charge in [0.2, 0.25) is 0 Å². The minimum absolute atomic E-state index is 0. The largest absolute Gasteiger partial charge is 0.379 e. The van der Waals surface area contributed by atoms with E-state index < -0.39 is 0 Å². The van der Waals surface area contributed by atoms with Gasteiger partial charge in [-0.1, -0.05) is 0 Å². The average Bonchev–Trinajstić information content (AvgIpc) is 3.05. The minimum atomic E-state index is 0. The molecule has 0 aliphatic carbocycles. The number of nitrogens with one attached hydrogen (secondary N) is 2. The van der Waals surface area contributed by atoms with Crippen LogP contribution in [0.2, 0.25) is 0 Å². The number of hydrogen-bond acceptors (Lipinski definition) is 4. The van der Waals surface area contributed by atoms with E-state index in [1.807, 2.05) is 7.05 Å². The summed E-state index contributed by atoms with van der Waals surface area (Å²) in [5.41, 5.74) is 0.0932. The van der Waals surface area contributed by atoms with Gasteiger partial charge >= 0.3 is 0 Å². The predicted octanol–water partition coefficient (Wildman–Crippen LogP) is 1.45. The molecule has 1 atom stereocenters. The van der Waals surface area contributed by atoms with Gasteiger partial charge in [-0.15, -0.1) is 24.0 Å². The van der Waals surface area contributed by atoms with Gasteiger partial charge in [0.05, 0.1) is 19.3 Å². The van der Waals surface area contributed by atoms with Gasteiger partial charge in [-0.25, -0.2) is 0 Å². The number of nitrogens with zero attached hydrogens (tertiary/aromatic N) is 2. The number of halogens is 1. The van der Waals surface area contributed by atoms with Crippen LogP contribution in [0.1, 0.15) is 33.1 Å². The molecule has 2 rings (SSSR count). The smallest absolute Gasteiger partial charge is 0.191 e. The number of morpholine rings is 1. The number of rotatable bonds is 6. The number of hydrogen-bond donors (Lipinski definition) is 2. The zero-order chi connectivity index (χ0) is 15.8. The molecule has 1 unspecified atom stereocenters. The first kappa shape index (κ1) is 20.9. The second-order valence-corrected chi connectivity index (χ2v) is 6.69. The molecule has 0 saturated carbocycles. The first-order chi connectivity index (χ1) is 10.6. The van der Waals surface area contributed by atoms with E-state index in [1.54, 1.807) is 0 Å². The van der Waals surface area contributed by atoms with Gasteiger partial charge in [-0.05, 0) is 33.1 Å². The maximum atomic E-state index is 5.64. The molecule has 0 radical (unpaired) electrons. The fraction of sp³-hybridized carbons (Fsp3) is 0.938. The Morgan fingerprint density at radius 1 is 1.22 bits per heavy atom. The van der Waals surface area contributed by atoms with E-state index in [4.69, 9.17) is 9.47 Å². The van der Waals surface area contributed by atoms with E-state index in [0.717, 1.165) is 58.4 Å². The van der Waals surface area contributed by atoms with Crippen molar-refractivity contribution in [3.8, 4) is 0 Å². The minimum Gasteiger partial charge on any atom is -0.379 e. The molecule has 2 aliphatic rings. The lowest BCUT2D eigenvalue weighted by atomic mass is 10.0. The van der Waals surface area contributed by atoms with Crippen molar-refractivity contribution in [2.24, 2.45) is 4.99 Å². The van der Waals surface area contributed by atoms with Crippen LogP contribution >= 0.6 is 24.0 Å². The van der Waals surface area contributed by atoms with Crippen molar-refractivity contribution in [1.29, 1.82) is 0 Å². The van der Waals surface area contributed by atoms with Crippen LogP contribution in [0, 0.1) is 0 Å². The number of aliphatic imine (C=N–C) groups is 1. The van der Waals surface area contributed by atoms with E-state index >= 15 is 0 Å². The third-order valence-corrected chi connectivity index (χ3v) is 4.56. The maximum Gasteiger partial charge on any atom is 0.191 e. The Hall–Kier alpha value is -0.120. The summed E-state index contributed by atoms with van der Waals surface area (Å²) in [6, 6.07) is 0. The zero-order valence-corrected chi connectivity index (χ0v) is 17.1. The first-order valence-corrected chi connectivity index (χ1v) is 8.51. The van der Waals surface area contributed by atoms with Gasteiger partial charge in [0.25, 0.3) is 0 Å². The lowest BCUT2D eigenvalue weighted by molar-refractivity contribution is -0.00834. The van der Waals surface area contributed by atoms with Crippen LogP contribution < -0.4 is 10.6 Å². The van der Waals surface area contributed by atoms with Crippen molar-refractivity contribution in [3.63, 3.8) is 0 Å². The van der Waals surface area contributed by atoms with E-state index in [2.05, 4.69) is 34.4 Å². The second kappa shape index (κ2) is 10.7. The molecule has 0 aromatic heterocycles. The molecule has 23 heavy (non-hydrogen) atoms. The van der Waals surface area contributed by atoms with Gasteiger partial charge in [0, 0.05) is 45.4 Å². The monoisotopic (exact) mass is 440 g/mol. The molecular formula is C16H33IN4O2. The Morgan fingerprint density at radius 3 is 2.57 bits per heavy atom. The summed E-state index contributed by atoms with van der Waals surface area (Å²) in [7, 11) is 1.82. The molecule has 6 nitrogen and oxygen atoms in total. The first-order valence-electron chi connectivity index (χ1n) is 8.51. The molecule has 0 aromatic carbocycles. The molecule has 0 amide bonds. The van der Waals surface area contributed by atoms with Crippen molar-refractivity contribution in [1.82, 2.24) is 15.5 Å². The van der Waals surface area contributed by atoms with E-state index in [0.29, 0.717) is 6.10 Å². The molecule has 2 N–H and O–H groups in total. The summed E-state index contributed by atoms with van der Waals surface area (Å²) in [5.74, 6) is 0.874. The topological polar surface area (TPSA) is 58.1 Å². The fourth-order valence-corrected chi connectivity index (χ4v) is 3.02. The maximum absolute atomic E-state index is 5.64. The van der Waals surface area contributed by atoms with Crippen molar-refractivity contribution in [2.45, 2.75) is 44.8 Å². The summed E-state index contributed by atoms with van der Waals surface area (Å²) in [5, 5.41) is 6.84. The third kappa shape index (κ3) is 7.11. The van der Waals surface area contributed by atoms with Crippen LogP contribution in [-0.4, -0.2) is 75.5 Å². The summed E-state index contributed by atoms with van der Waals surface area (Å²) in [6.45, 7) is 10.9. The van der Waals surface area contributed by atoms with Crippen LogP contribution in [0.15, 0.2) is 4.99 Å². The quantitative estimate of drug-likeness (QED) is 0.372. The number of guanidine groups is 1. The van der Waals surface area contributed by atoms with E-state index in [1.165, 1.54) is 12.8 Å². The lowest BCUT2D eigenvalue weighted by Crippen LogP contribution is -2.56. The predicted molar refractivity (Wildman–Crippen MR) is 105 cm³/mol. The second-order valence-electron chi connectivity index (χ2n) is 6.69. The lowest BCUT2D eigenvalue weighted by Gasteiger charge is -2.41. The Bertz CT molecular complexity index is 354. The highest BCUT2D eigenvalue weighted by Gasteiger charge is 2.28. The molecule has 136 valence electrons. The number of ether oxygens (including phenoxy) is 2. The zero-order valence-electron chi connectivity index (χ0n) is 14.8. The molecule has 0 bridgehead atoms. The van der Waals surface area contributed by atoms with E-state index in [9.17, 15) is 0 Å². The van der Waals surface area contributed by atoms with E-state index in [-0.39, 0.29) is 29.5 Å². The SMILES string of the molecule is CN=C(NCCC1CCCO1)NCC(C)(C)N1CCOCC1.I. The van der Waals surface area contributed by atoms with Gasteiger partial charge in [-0.3, -0.25) is 9.89 Å². The standard InChI is InChI=1S/C16H32N4O2.HI/c1-16(2,20-8-11-21-12-9-20)13-19-15(17-3)18-7-6-14-5-4-10-22-14;/h14H,4-13H2,1-3H3,(H2,17,18,19);1H. The van der Waals surface area contributed by atoms with Gasteiger partial charge in [0.1, 0.15) is 0 Å². The summed E-state index contributed by atoms with van der Waals surface area (Å²) < 4.78 is 11.1. The molecule has 2 saturated heterocycles. The molecule has 7 heteroatoms. The van der Waals surface area contributed by atoms with Gasteiger partial charge in [0.15, 0.2) is 5.96 Å². The normalized spacial score (nSPS) is 23.4. The molecular weight excluding hydrogens is 407 g/mol. The summed E-state index contributed by atoms with van der Waals surface area (Å²) in [6.07, 6.45) is 3.87. The summed E-state index contributed by atoms with van der Waals surface area (Å²) in [4.78, 5) is 6.79. The van der Waals surface area contributed by atoms with Crippen LogP contribution in [0.4, 0.5) is 0 Å². The van der Waals surface area contributed by atoms with Gasteiger partial charge in [-0.2, -0.15) is 0 Å². The third-order valence-electron chi connectivity index (χ3n) is 4.56.